The lowest BCUT2D eigenvalue weighted by Gasteiger charge is -2.06. The molecule has 1 aromatic heterocycles. The van der Waals surface area contributed by atoms with Crippen molar-refractivity contribution in [3.63, 3.8) is 0 Å². The van der Waals surface area contributed by atoms with E-state index in [-0.39, 0.29) is 0 Å². The lowest BCUT2D eigenvalue weighted by Crippen LogP contribution is -2.48. The summed E-state index contributed by atoms with van der Waals surface area (Å²) in [6.07, 6.45) is -2.71. The third-order valence-electron chi connectivity index (χ3n) is 2.35. The van der Waals surface area contributed by atoms with Crippen molar-refractivity contribution in [3.05, 3.63) is 41.7 Å². The van der Waals surface area contributed by atoms with E-state index < -0.39 is 11.7 Å². The summed E-state index contributed by atoms with van der Waals surface area (Å²) in [5.41, 5.74) is 0.480. The molecule has 0 spiro atoms. The van der Waals surface area contributed by atoms with Gasteiger partial charge in [-0.15, -0.1) is 0 Å². The first-order chi connectivity index (χ1) is 8.41. The first-order valence-corrected chi connectivity index (χ1v) is 5.12. The Bertz CT molecular complexity index is 546. The van der Waals surface area contributed by atoms with E-state index in [1.807, 2.05) is 0 Å². The number of hydrogen-bond acceptors (Lipinski definition) is 2. The normalized spacial score (nSPS) is 11.6. The van der Waals surface area contributed by atoms with Gasteiger partial charge in [-0.3, -0.25) is 0 Å². The minimum absolute atomic E-state index is 0.484. The highest BCUT2D eigenvalue weighted by atomic mass is 19.4. The van der Waals surface area contributed by atoms with Crippen LogP contribution in [0.2, 0.25) is 0 Å². The van der Waals surface area contributed by atoms with E-state index in [0.29, 0.717) is 11.4 Å². The highest BCUT2D eigenvalue weighted by Gasteiger charge is 2.30. The maximum absolute atomic E-state index is 12.4. The lowest BCUT2D eigenvalue weighted by molar-refractivity contribution is -0.942. The van der Waals surface area contributed by atoms with E-state index in [1.165, 1.54) is 28.9 Å². The molecule has 0 saturated heterocycles. The van der Waals surface area contributed by atoms with Crippen LogP contribution < -0.4 is 9.68 Å². The molecule has 0 aliphatic rings. The Hall–Kier alpha value is -2.05. The average molecular weight is 258 g/mol. The smallest absolute Gasteiger partial charge is 0.320 e. The second-order valence-corrected chi connectivity index (χ2v) is 3.69. The molecule has 96 valence electrons. The van der Waals surface area contributed by atoms with Crippen LogP contribution in [0.15, 0.2) is 30.5 Å². The summed E-state index contributed by atoms with van der Waals surface area (Å²) in [5, 5.41) is 4.12. The Labute approximate surface area is 101 Å². The van der Waals surface area contributed by atoms with E-state index >= 15 is 0 Å². The van der Waals surface area contributed by atoms with Gasteiger partial charge in [0.2, 0.25) is 11.9 Å². The lowest BCUT2D eigenvalue weighted by atomic mass is 10.2. The zero-order valence-corrected chi connectivity index (χ0v) is 9.77. The van der Waals surface area contributed by atoms with Gasteiger partial charge in [-0.1, -0.05) is 0 Å². The largest absolute Gasteiger partial charge is 0.416 e. The Morgan fingerprint density at radius 2 is 1.83 bits per heavy atom. The highest BCUT2D eigenvalue weighted by Crippen LogP contribution is 2.29. The van der Waals surface area contributed by atoms with E-state index in [2.05, 4.69) is 5.10 Å². The van der Waals surface area contributed by atoms with E-state index in [1.54, 1.807) is 13.1 Å². The molecule has 0 radical (unpaired) electrons. The molecule has 0 N–H and O–H groups in total. The standard InChI is InChI=1S/C11H11F3N3O/c1-8-7-16(18-2)17(15-8)10-5-3-9(4-6-10)11(12,13)14/h3-7H,1-2H3/q+1. The minimum Gasteiger partial charge on any atom is -0.320 e. The predicted octanol–water partition coefficient (Wildman–Crippen LogP) is 1.55. The number of aromatic nitrogens is 3. The van der Waals surface area contributed by atoms with Crippen molar-refractivity contribution < 1.29 is 22.9 Å². The molecule has 0 atom stereocenters. The van der Waals surface area contributed by atoms with Crippen LogP contribution in [0.1, 0.15) is 11.3 Å². The van der Waals surface area contributed by atoms with Gasteiger partial charge in [-0.05, 0) is 24.3 Å². The fourth-order valence-corrected chi connectivity index (χ4v) is 1.52. The van der Waals surface area contributed by atoms with Crippen molar-refractivity contribution in [2.75, 3.05) is 7.11 Å². The number of hydrogen-bond donors (Lipinski definition) is 0. The van der Waals surface area contributed by atoms with Crippen molar-refractivity contribution in [3.8, 4) is 5.69 Å². The summed E-state index contributed by atoms with van der Waals surface area (Å²) < 4.78 is 37.3. The first kappa shape index (κ1) is 12.4. The van der Waals surface area contributed by atoms with Crippen LogP contribution in [0, 0.1) is 6.92 Å². The summed E-state index contributed by atoms with van der Waals surface area (Å²) in [7, 11) is 1.45. The quantitative estimate of drug-likeness (QED) is 0.765. The third kappa shape index (κ3) is 2.29. The number of alkyl halides is 3. The molecule has 7 heteroatoms. The zero-order chi connectivity index (χ0) is 13.3. The van der Waals surface area contributed by atoms with Gasteiger partial charge in [-0.25, -0.2) is 0 Å². The van der Waals surface area contributed by atoms with Crippen LogP contribution in [-0.2, 0) is 6.18 Å². The summed E-state index contributed by atoms with van der Waals surface area (Å²) >= 11 is 0. The molecule has 4 nitrogen and oxygen atoms in total. The number of nitrogens with zero attached hydrogens (tertiary/aromatic N) is 3. The molecule has 0 unspecified atom stereocenters. The number of benzene rings is 1. The van der Waals surface area contributed by atoms with Gasteiger partial charge in [0, 0.05) is 16.6 Å². The molecule has 0 amide bonds. The van der Waals surface area contributed by atoms with E-state index in [0.717, 1.165) is 12.1 Å². The molecular formula is C11H11F3N3O+. The molecule has 1 aromatic carbocycles. The highest BCUT2D eigenvalue weighted by molar-refractivity contribution is 5.33. The molecule has 18 heavy (non-hydrogen) atoms. The van der Waals surface area contributed by atoms with E-state index in [4.69, 9.17) is 4.84 Å². The van der Waals surface area contributed by atoms with Crippen LogP contribution in [0.25, 0.3) is 5.69 Å². The fourth-order valence-electron chi connectivity index (χ4n) is 1.52. The second-order valence-electron chi connectivity index (χ2n) is 3.69. The molecule has 0 saturated carbocycles. The van der Waals surface area contributed by atoms with Gasteiger partial charge in [0.05, 0.1) is 10.7 Å². The van der Waals surface area contributed by atoms with Gasteiger partial charge < -0.3 is 4.84 Å². The van der Waals surface area contributed by atoms with Crippen molar-refractivity contribution in [1.29, 1.82) is 0 Å². The van der Waals surface area contributed by atoms with Gasteiger partial charge in [0.15, 0.2) is 0 Å². The van der Waals surface area contributed by atoms with Crippen LogP contribution in [0.4, 0.5) is 13.2 Å². The van der Waals surface area contributed by atoms with Gasteiger partial charge in [0.25, 0.3) is 0 Å². The maximum Gasteiger partial charge on any atom is 0.416 e. The minimum atomic E-state index is -4.34. The van der Waals surface area contributed by atoms with Crippen molar-refractivity contribution in [2.45, 2.75) is 13.1 Å². The van der Waals surface area contributed by atoms with Crippen molar-refractivity contribution in [1.82, 2.24) is 9.90 Å². The van der Waals surface area contributed by atoms with Gasteiger partial charge in [0.1, 0.15) is 12.8 Å². The number of halogens is 3. The molecular weight excluding hydrogens is 247 g/mol. The van der Waals surface area contributed by atoms with Crippen LogP contribution in [0.5, 0.6) is 0 Å². The molecule has 2 aromatic rings. The van der Waals surface area contributed by atoms with Crippen LogP contribution in [-0.4, -0.2) is 17.0 Å². The SMILES string of the molecule is CO[n+]1cc(C)nn1-c1ccc(C(F)(F)F)cc1. The molecule has 0 aliphatic heterocycles. The predicted molar refractivity (Wildman–Crippen MR) is 56.0 cm³/mol. The van der Waals surface area contributed by atoms with Crippen LogP contribution in [0.3, 0.4) is 0 Å². The van der Waals surface area contributed by atoms with Crippen molar-refractivity contribution in [2.24, 2.45) is 0 Å². The Kier molecular flexibility index (Phi) is 2.98. The second kappa shape index (κ2) is 4.32. The average Bonchev–Trinajstić information content (AvgIpc) is 2.69. The summed E-state index contributed by atoms with van der Waals surface area (Å²) in [6.45, 7) is 1.76. The first-order valence-electron chi connectivity index (χ1n) is 5.12. The molecule has 0 bridgehead atoms. The maximum atomic E-state index is 12.4. The van der Waals surface area contributed by atoms with Crippen molar-refractivity contribution >= 4 is 0 Å². The third-order valence-corrected chi connectivity index (χ3v) is 2.35. The number of rotatable bonds is 2. The molecule has 0 fully saturated rings. The number of aryl methyl sites for hydroxylation is 1. The molecule has 0 aliphatic carbocycles. The summed E-state index contributed by atoms with van der Waals surface area (Å²) in [5.74, 6) is 0. The Balaban J connectivity index is 2.40. The fraction of sp³-hybridized carbons (Fsp3) is 0.273. The Morgan fingerprint density at radius 1 is 1.22 bits per heavy atom. The van der Waals surface area contributed by atoms with E-state index in [9.17, 15) is 13.2 Å². The van der Waals surface area contributed by atoms with Crippen LogP contribution >= 0.6 is 0 Å². The van der Waals surface area contributed by atoms with Gasteiger partial charge >= 0.3 is 6.18 Å². The van der Waals surface area contributed by atoms with Gasteiger partial charge in [-0.2, -0.15) is 13.2 Å². The monoisotopic (exact) mass is 258 g/mol. The topological polar surface area (TPSA) is 30.9 Å². The Morgan fingerprint density at radius 3 is 2.33 bits per heavy atom. The molecule has 2 rings (SSSR count). The summed E-state index contributed by atoms with van der Waals surface area (Å²) in [6, 6.07) is 4.69. The zero-order valence-electron chi connectivity index (χ0n) is 9.77. The molecule has 1 heterocycles. The summed E-state index contributed by atoms with van der Waals surface area (Å²) in [4.78, 5) is 7.71.